The van der Waals surface area contributed by atoms with Crippen LogP contribution in [0.3, 0.4) is 0 Å². The fraction of sp³-hybridized carbons (Fsp3) is 1.00. The quantitative estimate of drug-likeness (QED) is 0.458. The lowest BCUT2D eigenvalue weighted by atomic mass is 10.0. The first kappa shape index (κ1) is 7.54. The van der Waals surface area contributed by atoms with Crippen LogP contribution >= 0.6 is 8.58 Å². The van der Waals surface area contributed by atoms with E-state index in [1.165, 1.54) is 46.6 Å². The van der Waals surface area contributed by atoms with Gasteiger partial charge in [0.25, 0.3) is 0 Å². The van der Waals surface area contributed by atoms with E-state index in [-0.39, 0.29) is 0 Å². The van der Waals surface area contributed by atoms with E-state index in [1.54, 1.807) is 0 Å². The molecule has 2 unspecified atom stereocenters. The molecule has 0 saturated carbocycles. The molecule has 54 valence electrons. The largest absolute Gasteiger partial charge is 0.122 e. The van der Waals surface area contributed by atoms with Gasteiger partial charge in [0, 0.05) is 0 Å². The third-order valence-electron chi connectivity index (χ3n) is 2.11. The number of rotatable bonds is 0. The van der Waals surface area contributed by atoms with Crippen molar-refractivity contribution in [2.75, 3.05) is 12.3 Å². The van der Waals surface area contributed by atoms with Crippen LogP contribution in [0, 0.1) is 5.92 Å². The molecule has 1 heterocycles. The van der Waals surface area contributed by atoms with Gasteiger partial charge in [-0.05, 0) is 31.1 Å². The first-order valence-electron chi connectivity index (χ1n) is 4.10. The molecule has 9 heavy (non-hydrogen) atoms. The lowest BCUT2D eigenvalue weighted by molar-refractivity contribution is 0.489. The first-order chi connectivity index (χ1) is 4.39. The lowest BCUT2D eigenvalue weighted by Crippen LogP contribution is -1.99. The Morgan fingerprint density at radius 3 is 2.89 bits per heavy atom. The maximum absolute atomic E-state index is 2.40. The van der Waals surface area contributed by atoms with Gasteiger partial charge in [-0.2, -0.15) is 0 Å². The van der Waals surface area contributed by atoms with Crippen LogP contribution in [0.15, 0.2) is 0 Å². The van der Waals surface area contributed by atoms with Crippen LogP contribution < -0.4 is 0 Å². The molecule has 1 rings (SSSR count). The van der Waals surface area contributed by atoms with Crippen LogP contribution in [0.5, 0.6) is 0 Å². The highest BCUT2D eigenvalue weighted by Crippen LogP contribution is 2.24. The molecule has 0 aliphatic carbocycles. The van der Waals surface area contributed by atoms with Crippen LogP contribution in [0.2, 0.25) is 0 Å². The SMILES string of the molecule is CC1CCCCPCC1. The summed E-state index contributed by atoms with van der Waals surface area (Å²) in [5.41, 5.74) is 0. The van der Waals surface area contributed by atoms with E-state index in [2.05, 4.69) is 6.92 Å². The molecule has 0 N–H and O–H groups in total. The van der Waals surface area contributed by atoms with Gasteiger partial charge in [-0.25, -0.2) is 0 Å². The summed E-state index contributed by atoms with van der Waals surface area (Å²) in [7, 11) is 1.28. The molecular formula is C8H17P. The van der Waals surface area contributed by atoms with Gasteiger partial charge in [-0.1, -0.05) is 19.8 Å². The lowest BCUT2D eigenvalue weighted by Gasteiger charge is -2.14. The Kier molecular flexibility index (Phi) is 3.58. The molecule has 2 atom stereocenters. The summed E-state index contributed by atoms with van der Waals surface area (Å²) in [6.45, 7) is 2.40. The normalized spacial score (nSPS) is 33.7. The van der Waals surface area contributed by atoms with Gasteiger partial charge in [0.1, 0.15) is 0 Å². The summed E-state index contributed by atoms with van der Waals surface area (Å²) in [4.78, 5) is 0. The molecule has 1 aliphatic heterocycles. The summed E-state index contributed by atoms with van der Waals surface area (Å²) in [5, 5.41) is 0. The molecule has 0 aromatic carbocycles. The highest BCUT2D eigenvalue weighted by atomic mass is 31.1. The molecule has 1 aliphatic rings. The Morgan fingerprint density at radius 2 is 2.00 bits per heavy atom. The smallest absolute Gasteiger partial charge is 0.0351 e. The van der Waals surface area contributed by atoms with Crippen molar-refractivity contribution in [3.63, 3.8) is 0 Å². The zero-order valence-electron chi connectivity index (χ0n) is 6.32. The Hall–Kier alpha value is 0.430. The van der Waals surface area contributed by atoms with Crippen molar-refractivity contribution in [2.24, 2.45) is 5.92 Å². The summed E-state index contributed by atoms with van der Waals surface area (Å²) < 4.78 is 0. The highest BCUT2D eigenvalue weighted by Gasteiger charge is 2.04. The Bertz CT molecular complexity index is 63.0. The van der Waals surface area contributed by atoms with Gasteiger partial charge in [0.05, 0.1) is 0 Å². The summed E-state index contributed by atoms with van der Waals surface area (Å²) in [6.07, 6.45) is 9.02. The van der Waals surface area contributed by atoms with E-state index in [0.717, 1.165) is 5.92 Å². The van der Waals surface area contributed by atoms with Crippen molar-refractivity contribution < 1.29 is 0 Å². The maximum atomic E-state index is 2.40. The molecule has 1 fully saturated rings. The van der Waals surface area contributed by atoms with Crippen LogP contribution in [0.25, 0.3) is 0 Å². The van der Waals surface area contributed by atoms with Crippen molar-refractivity contribution in [2.45, 2.75) is 32.6 Å². The number of hydrogen-bond acceptors (Lipinski definition) is 0. The highest BCUT2D eigenvalue weighted by molar-refractivity contribution is 7.37. The third-order valence-corrected chi connectivity index (χ3v) is 3.46. The van der Waals surface area contributed by atoms with Crippen molar-refractivity contribution in [3.05, 3.63) is 0 Å². The van der Waals surface area contributed by atoms with Crippen LogP contribution in [0.1, 0.15) is 32.6 Å². The van der Waals surface area contributed by atoms with Crippen molar-refractivity contribution >= 4 is 8.58 Å². The predicted octanol–water partition coefficient (Wildman–Crippen LogP) is 2.88. The van der Waals surface area contributed by atoms with E-state index < -0.39 is 0 Å². The molecule has 0 nitrogen and oxygen atoms in total. The van der Waals surface area contributed by atoms with E-state index in [0.29, 0.717) is 0 Å². The molecule has 1 heteroatoms. The van der Waals surface area contributed by atoms with E-state index >= 15 is 0 Å². The molecule has 0 radical (unpaired) electrons. The van der Waals surface area contributed by atoms with Gasteiger partial charge in [0.15, 0.2) is 0 Å². The second kappa shape index (κ2) is 4.28. The average Bonchev–Trinajstić information content (AvgIpc) is 1.79. The van der Waals surface area contributed by atoms with Crippen molar-refractivity contribution in [1.29, 1.82) is 0 Å². The fourth-order valence-corrected chi connectivity index (χ4v) is 2.81. The van der Waals surface area contributed by atoms with Crippen LogP contribution in [-0.4, -0.2) is 12.3 Å². The topological polar surface area (TPSA) is 0 Å². The molecule has 0 amide bonds. The Morgan fingerprint density at radius 1 is 1.11 bits per heavy atom. The fourth-order valence-electron chi connectivity index (χ4n) is 1.36. The second-order valence-corrected chi connectivity index (χ2v) is 4.64. The monoisotopic (exact) mass is 144 g/mol. The van der Waals surface area contributed by atoms with E-state index in [1.807, 2.05) is 0 Å². The molecular weight excluding hydrogens is 127 g/mol. The first-order valence-corrected chi connectivity index (χ1v) is 5.52. The maximum Gasteiger partial charge on any atom is -0.0351 e. The van der Waals surface area contributed by atoms with Gasteiger partial charge in [-0.3, -0.25) is 0 Å². The summed E-state index contributed by atoms with van der Waals surface area (Å²) >= 11 is 0. The minimum Gasteiger partial charge on any atom is -0.122 e. The van der Waals surface area contributed by atoms with Gasteiger partial charge >= 0.3 is 0 Å². The Labute approximate surface area is 60.2 Å². The summed E-state index contributed by atoms with van der Waals surface area (Å²) in [5.74, 6) is 1.03. The van der Waals surface area contributed by atoms with Crippen molar-refractivity contribution in [1.82, 2.24) is 0 Å². The molecule has 0 spiro atoms. The van der Waals surface area contributed by atoms with Crippen LogP contribution in [-0.2, 0) is 0 Å². The second-order valence-electron chi connectivity index (χ2n) is 3.14. The zero-order valence-corrected chi connectivity index (χ0v) is 7.32. The average molecular weight is 144 g/mol. The number of hydrogen-bond donors (Lipinski definition) is 0. The minimum atomic E-state index is 1.03. The molecule has 0 aromatic rings. The van der Waals surface area contributed by atoms with E-state index in [4.69, 9.17) is 0 Å². The Balaban J connectivity index is 2.12. The van der Waals surface area contributed by atoms with Gasteiger partial charge in [-0.15, -0.1) is 8.58 Å². The molecule has 0 aromatic heterocycles. The van der Waals surface area contributed by atoms with Crippen molar-refractivity contribution in [3.8, 4) is 0 Å². The van der Waals surface area contributed by atoms with Gasteiger partial charge in [0.2, 0.25) is 0 Å². The molecule has 1 saturated heterocycles. The standard InChI is InChI=1S/C8H17P/c1-8-4-2-3-6-9-7-5-8/h8-9H,2-7H2,1H3. The minimum absolute atomic E-state index is 1.03. The van der Waals surface area contributed by atoms with Crippen LogP contribution in [0.4, 0.5) is 0 Å². The van der Waals surface area contributed by atoms with E-state index in [9.17, 15) is 0 Å². The molecule has 0 bridgehead atoms. The third kappa shape index (κ3) is 3.20. The summed E-state index contributed by atoms with van der Waals surface area (Å²) in [6, 6.07) is 0. The zero-order chi connectivity index (χ0) is 6.53. The van der Waals surface area contributed by atoms with Gasteiger partial charge < -0.3 is 0 Å². The predicted molar refractivity (Wildman–Crippen MR) is 45.7 cm³/mol.